The van der Waals surface area contributed by atoms with Gasteiger partial charge in [0.25, 0.3) is 0 Å². The molecule has 0 radical (unpaired) electrons. The summed E-state index contributed by atoms with van der Waals surface area (Å²) in [5.74, 6) is -5.00. The van der Waals surface area contributed by atoms with E-state index in [2.05, 4.69) is 0 Å². The maximum Gasteiger partial charge on any atom is 0.156 e. The molecule has 0 aliphatic rings. The molecular formula is C27H18F4O. The first-order chi connectivity index (χ1) is 15.5. The van der Waals surface area contributed by atoms with Crippen LogP contribution in [0.2, 0.25) is 0 Å². The average molecular weight is 434 g/mol. The maximum atomic E-state index is 14.8. The first-order valence-corrected chi connectivity index (χ1v) is 9.99. The van der Waals surface area contributed by atoms with Gasteiger partial charge in [0, 0.05) is 11.1 Å². The summed E-state index contributed by atoms with van der Waals surface area (Å²) < 4.78 is 56.8. The molecule has 0 fully saturated rings. The zero-order valence-corrected chi connectivity index (χ0v) is 16.8. The van der Waals surface area contributed by atoms with Crippen LogP contribution in [0.1, 0.15) is 34.1 Å². The van der Waals surface area contributed by atoms with E-state index < -0.39 is 40.9 Å². The van der Waals surface area contributed by atoms with Crippen LogP contribution in [-0.4, -0.2) is 5.78 Å². The normalized spacial score (nSPS) is 12.9. The van der Waals surface area contributed by atoms with Gasteiger partial charge in [-0.1, -0.05) is 60.7 Å². The summed E-state index contributed by atoms with van der Waals surface area (Å²) in [6.45, 7) is 0. The summed E-state index contributed by atoms with van der Waals surface area (Å²) in [5, 5.41) is 0. The highest BCUT2D eigenvalue weighted by Crippen LogP contribution is 2.37. The third-order valence-electron chi connectivity index (χ3n) is 5.41. The zero-order chi connectivity index (χ0) is 22.7. The lowest BCUT2D eigenvalue weighted by Gasteiger charge is -2.25. The molecule has 1 nitrogen and oxygen atoms in total. The van der Waals surface area contributed by atoms with Crippen LogP contribution in [0.25, 0.3) is 0 Å². The molecule has 4 aromatic rings. The molecule has 0 amide bonds. The smallest absolute Gasteiger partial charge is 0.156 e. The molecule has 4 rings (SSSR count). The minimum absolute atomic E-state index is 0.0903. The van der Waals surface area contributed by atoms with Crippen molar-refractivity contribution < 1.29 is 22.4 Å². The van der Waals surface area contributed by atoms with E-state index in [4.69, 9.17) is 0 Å². The highest BCUT2D eigenvalue weighted by molar-refractivity contribution is 5.97. The van der Waals surface area contributed by atoms with Crippen LogP contribution in [0.15, 0.2) is 97.1 Å². The maximum absolute atomic E-state index is 14.8. The molecule has 0 N–H and O–H groups in total. The Morgan fingerprint density at radius 2 is 0.844 bits per heavy atom. The highest BCUT2D eigenvalue weighted by Gasteiger charge is 2.34. The van der Waals surface area contributed by atoms with E-state index in [1.54, 1.807) is 12.1 Å². The molecule has 0 heterocycles. The Morgan fingerprint density at radius 3 is 1.19 bits per heavy atom. The van der Waals surface area contributed by atoms with Crippen LogP contribution in [0, 0.1) is 23.3 Å². The zero-order valence-electron chi connectivity index (χ0n) is 16.8. The van der Waals surface area contributed by atoms with Crippen LogP contribution in [0.4, 0.5) is 17.6 Å². The number of halogens is 4. The molecule has 0 saturated heterocycles. The standard InChI is InChI=1S/C27H18F4O/c28-19-13-9-17(10-14-19)25(21-5-1-3-7-23(21)30)27(32)26(18-11-15-20(29)16-12-18)22-6-2-4-8-24(22)31/h1-16,25-26H. The lowest BCUT2D eigenvalue weighted by Crippen LogP contribution is -2.24. The quantitative estimate of drug-likeness (QED) is 0.306. The fraction of sp³-hybridized carbons (Fsp3) is 0.0741. The van der Waals surface area contributed by atoms with E-state index in [1.807, 2.05) is 0 Å². The Labute approximate surface area is 183 Å². The molecule has 160 valence electrons. The van der Waals surface area contributed by atoms with Gasteiger partial charge in [-0.25, -0.2) is 17.6 Å². The van der Waals surface area contributed by atoms with Crippen LogP contribution in [0.3, 0.4) is 0 Å². The van der Waals surface area contributed by atoms with E-state index in [0.29, 0.717) is 11.1 Å². The summed E-state index contributed by atoms with van der Waals surface area (Å²) in [7, 11) is 0. The Bertz CT molecular complexity index is 1140. The molecule has 0 aliphatic carbocycles. The Balaban J connectivity index is 1.92. The number of benzene rings is 4. The van der Waals surface area contributed by atoms with Gasteiger partial charge in [-0.2, -0.15) is 0 Å². The number of hydrogen-bond acceptors (Lipinski definition) is 1. The molecule has 32 heavy (non-hydrogen) atoms. The number of carbonyl (C=O) groups is 1. The minimum Gasteiger partial charge on any atom is -0.298 e. The average Bonchev–Trinajstić information content (AvgIpc) is 2.79. The highest BCUT2D eigenvalue weighted by atomic mass is 19.1. The van der Waals surface area contributed by atoms with Gasteiger partial charge in [-0.15, -0.1) is 0 Å². The van der Waals surface area contributed by atoms with Gasteiger partial charge >= 0.3 is 0 Å². The first-order valence-electron chi connectivity index (χ1n) is 9.99. The lowest BCUT2D eigenvalue weighted by molar-refractivity contribution is -0.120. The van der Waals surface area contributed by atoms with E-state index in [0.717, 1.165) is 0 Å². The Hall–Kier alpha value is -3.73. The number of Topliss-reactive ketones (excluding diaryl/α,β-unsaturated/α-hetero) is 1. The van der Waals surface area contributed by atoms with Crippen molar-refractivity contribution in [2.45, 2.75) is 11.8 Å². The number of ketones is 1. The van der Waals surface area contributed by atoms with Crippen molar-refractivity contribution in [3.63, 3.8) is 0 Å². The van der Waals surface area contributed by atoms with Gasteiger partial charge in [-0.3, -0.25) is 4.79 Å². The van der Waals surface area contributed by atoms with Crippen LogP contribution < -0.4 is 0 Å². The monoisotopic (exact) mass is 434 g/mol. The van der Waals surface area contributed by atoms with Gasteiger partial charge in [-0.05, 0) is 47.5 Å². The summed E-state index contributed by atoms with van der Waals surface area (Å²) in [6, 6.07) is 22.0. The minimum atomic E-state index is -1.13. The van der Waals surface area contributed by atoms with Gasteiger partial charge in [0.1, 0.15) is 23.3 Å². The van der Waals surface area contributed by atoms with Gasteiger partial charge in [0.05, 0.1) is 11.8 Å². The fourth-order valence-corrected chi connectivity index (χ4v) is 3.89. The number of carbonyl (C=O) groups excluding carboxylic acids is 1. The molecule has 0 bridgehead atoms. The predicted molar refractivity (Wildman–Crippen MR) is 114 cm³/mol. The van der Waals surface area contributed by atoms with E-state index in [9.17, 15) is 22.4 Å². The molecule has 0 saturated carbocycles. The second-order valence-corrected chi connectivity index (χ2v) is 7.41. The van der Waals surface area contributed by atoms with Gasteiger partial charge in [0.2, 0.25) is 0 Å². The van der Waals surface area contributed by atoms with Gasteiger partial charge in [0.15, 0.2) is 5.78 Å². The van der Waals surface area contributed by atoms with Crippen molar-refractivity contribution in [1.29, 1.82) is 0 Å². The topological polar surface area (TPSA) is 17.1 Å². The SMILES string of the molecule is O=C(C(c1ccc(F)cc1)c1ccccc1F)C(c1ccc(F)cc1)c1ccccc1F. The largest absolute Gasteiger partial charge is 0.298 e. The van der Waals surface area contributed by atoms with Crippen molar-refractivity contribution in [2.75, 3.05) is 0 Å². The molecule has 4 aromatic carbocycles. The second kappa shape index (κ2) is 9.18. The molecule has 0 aliphatic heterocycles. The second-order valence-electron chi connectivity index (χ2n) is 7.41. The molecule has 0 aromatic heterocycles. The molecule has 5 heteroatoms. The fourth-order valence-electron chi connectivity index (χ4n) is 3.89. The molecule has 2 unspecified atom stereocenters. The van der Waals surface area contributed by atoms with Crippen LogP contribution >= 0.6 is 0 Å². The Morgan fingerprint density at radius 1 is 0.500 bits per heavy atom. The summed E-state index contributed by atoms with van der Waals surface area (Å²) in [5.41, 5.74) is 0.912. The first kappa shape index (κ1) is 21.5. The van der Waals surface area contributed by atoms with Crippen molar-refractivity contribution in [3.8, 4) is 0 Å². The summed E-state index contributed by atoms with van der Waals surface area (Å²) in [4.78, 5) is 14.0. The van der Waals surface area contributed by atoms with Crippen LogP contribution in [0.5, 0.6) is 0 Å². The molecule has 2 atom stereocenters. The third kappa shape index (κ3) is 4.33. The summed E-state index contributed by atoms with van der Waals surface area (Å²) in [6.07, 6.45) is 0. The number of rotatable bonds is 6. The third-order valence-corrected chi connectivity index (χ3v) is 5.41. The lowest BCUT2D eigenvalue weighted by atomic mass is 9.77. The van der Waals surface area contributed by atoms with Crippen LogP contribution in [-0.2, 0) is 4.79 Å². The van der Waals surface area contributed by atoms with Crippen molar-refractivity contribution in [2.24, 2.45) is 0 Å². The summed E-state index contributed by atoms with van der Waals surface area (Å²) >= 11 is 0. The molecule has 0 spiro atoms. The number of hydrogen-bond donors (Lipinski definition) is 0. The van der Waals surface area contributed by atoms with Gasteiger partial charge < -0.3 is 0 Å². The molecular weight excluding hydrogens is 416 g/mol. The Kier molecular flexibility index (Phi) is 6.17. The van der Waals surface area contributed by atoms with E-state index in [-0.39, 0.29) is 11.1 Å². The van der Waals surface area contributed by atoms with E-state index in [1.165, 1.54) is 84.9 Å². The van der Waals surface area contributed by atoms with E-state index >= 15 is 0 Å². The van der Waals surface area contributed by atoms with Crippen molar-refractivity contribution in [3.05, 3.63) is 143 Å². The van der Waals surface area contributed by atoms with Crippen molar-refractivity contribution >= 4 is 5.78 Å². The van der Waals surface area contributed by atoms with Crippen molar-refractivity contribution in [1.82, 2.24) is 0 Å². The predicted octanol–water partition coefficient (Wildman–Crippen LogP) is 6.78.